The van der Waals surface area contributed by atoms with Gasteiger partial charge in [0.25, 0.3) is 0 Å². The Morgan fingerprint density at radius 1 is 1.06 bits per heavy atom. The molecule has 3 atom stereocenters. The highest BCUT2D eigenvalue weighted by Crippen LogP contribution is 2.34. The van der Waals surface area contributed by atoms with Gasteiger partial charge >= 0.3 is 0 Å². The maximum atomic E-state index is 6.53. The number of pyridine rings is 2. The lowest BCUT2D eigenvalue weighted by molar-refractivity contribution is -0.0122. The number of aromatic nitrogens is 5. The molecule has 9 nitrogen and oxygen atoms in total. The second kappa shape index (κ2) is 8.66. The van der Waals surface area contributed by atoms with E-state index in [9.17, 15) is 0 Å². The van der Waals surface area contributed by atoms with Crippen LogP contribution in [0.2, 0.25) is 0 Å². The summed E-state index contributed by atoms with van der Waals surface area (Å²) in [7, 11) is 0. The van der Waals surface area contributed by atoms with Crippen molar-refractivity contribution in [1.82, 2.24) is 29.9 Å². The molecule has 1 unspecified atom stereocenters. The van der Waals surface area contributed by atoms with Gasteiger partial charge < -0.3 is 20.1 Å². The predicted octanol–water partition coefficient (Wildman–Crippen LogP) is 3.44. The van der Waals surface area contributed by atoms with Crippen molar-refractivity contribution in [1.29, 1.82) is 0 Å². The normalized spacial score (nSPS) is 22.0. The van der Waals surface area contributed by atoms with Crippen LogP contribution >= 0.6 is 0 Å². The van der Waals surface area contributed by atoms with E-state index in [0.29, 0.717) is 23.7 Å². The van der Waals surface area contributed by atoms with Crippen molar-refractivity contribution in [3.8, 4) is 16.9 Å². The number of hydrogen-bond donors (Lipinski definition) is 2. The molecular weight excluding hydrogens is 430 g/mol. The average molecular weight is 458 g/mol. The van der Waals surface area contributed by atoms with Gasteiger partial charge in [-0.25, -0.2) is 14.5 Å². The zero-order valence-corrected chi connectivity index (χ0v) is 19.2. The fraction of sp³-hybridized carbons (Fsp3) is 0.360. The van der Waals surface area contributed by atoms with Crippen LogP contribution in [-0.2, 0) is 4.74 Å². The monoisotopic (exact) mass is 457 g/mol. The van der Waals surface area contributed by atoms with Crippen LogP contribution in [0.25, 0.3) is 16.6 Å². The van der Waals surface area contributed by atoms with Crippen LogP contribution < -0.4 is 15.4 Å². The molecule has 0 radical (unpaired) electrons. The van der Waals surface area contributed by atoms with E-state index in [-0.39, 0.29) is 6.10 Å². The Hall–Kier alpha value is -3.56. The van der Waals surface area contributed by atoms with Gasteiger partial charge in [0, 0.05) is 54.6 Å². The summed E-state index contributed by atoms with van der Waals surface area (Å²) in [6.07, 6.45) is 7.56. The average Bonchev–Trinajstić information content (AvgIpc) is 3.21. The molecule has 2 N–H and O–H groups in total. The SMILES string of the molecule is Cc1cc(-c2ccn3nc(Nc4ccnc(C)n4)cc3c2)c(OC2C[C@H]3COC[C@@H](C2)N3)cn1. The van der Waals surface area contributed by atoms with E-state index in [1.54, 1.807) is 6.20 Å². The van der Waals surface area contributed by atoms with Gasteiger partial charge in [-0.1, -0.05) is 0 Å². The summed E-state index contributed by atoms with van der Waals surface area (Å²) >= 11 is 0. The highest BCUT2D eigenvalue weighted by Gasteiger charge is 2.33. The summed E-state index contributed by atoms with van der Waals surface area (Å²) in [6.45, 7) is 5.36. The van der Waals surface area contributed by atoms with E-state index < -0.39 is 0 Å². The molecule has 4 aromatic heterocycles. The molecule has 4 aromatic rings. The molecule has 6 rings (SSSR count). The molecule has 0 amide bonds. The van der Waals surface area contributed by atoms with Gasteiger partial charge in [0.05, 0.1) is 24.9 Å². The second-order valence-corrected chi connectivity index (χ2v) is 9.06. The molecule has 2 saturated heterocycles. The lowest BCUT2D eigenvalue weighted by atomic mass is 9.94. The van der Waals surface area contributed by atoms with Crippen molar-refractivity contribution in [2.24, 2.45) is 0 Å². The van der Waals surface area contributed by atoms with E-state index >= 15 is 0 Å². The van der Waals surface area contributed by atoms with Crippen LogP contribution in [0.5, 0.6) is 5.75 Å². The van der Waals surface area contributed by atoms with Crippen LogP contribution in [0.15, 0.2) is 48.9 Å². The number of nitrogens with zero attached hydrogens (tertiary/aromatic N) is 5. The van der Waals surface area contributed by atoms with Crippen molar-refractivity contribution in [2.45, 2.75) is 44.9 Å². The first-order valence-corrected chi connectivity index (χ1v) is 11.6. The quantitative estimate of drug-likeness (QED) is 0.470. The predicted molar refractivity (Wildman–Crippen MR) is 128 cm³/mol. The second-order valence-electron chi connectivity index (χ2n) is 9.06. The molecule has 0 saturated carbocycles. The van der Waals surface area contributed by atoms with Crippen LogP contribution in [0.4, 0.5) is 11.6 Å². The van der Waals surface area contributed by atoms with Crippen LogP contribution in [0.3, 0.4) is 0 Å². The fourth-order valence-corrected chi connectivity index (χ4v) is 4.81. The van der Waals surface area contributed by atoms with Crippen molar-refractivity contribution in [3.05, 3.63) is 60.4 Å². The molecule has 9 heteroatoms. The van der Waals surface area contributed by atoms with Crippen molar-refractivity contribution in [2.75, 3.05) is 18.5 Å². The number of hydrogen-bond acceptors (Lipinski definition) is 8. The topological polar surface area (TPSA) is 98.5 Å². The van der Waals surface area contributed by atoms with Crippen molar-refractivity contribution >= 4 is 17.2 Å². The van der Waals surface area contributed by atoms with E-state index in [4.69, 9.17) is 9.47 Å². The first-order chi connectivity index (χ1) is 16.6. The molecule has 2 fully saturated rings. The Morgan fingerprint density at radius 2 is 1.91 bits per heavy atom. The third kappa shape index (κ3) is 4.32. The minimum Gasteiger partial charge on any atom is -0.488 e. The van der Waals surface area contributed by atoms with Gasteiger partial charge in [0.1, 0.15) is 23.5 Å². The van der Waals surface area contributed by atoms with Crippen LogP contribution in [0, 0.1) is 13.8 Å². The molecular formula is C25H27N7O2. The summed E-state index contributed by atoms with van der Waals surface area (Å²) in [5, 5.41) is 11.5. The first kappa shape index (κ1) is 21.0. The number of fused-ring (bicyclic) bond motifs is 3. The number of anilines is 2. The lowest BCUT2D eigenvalue weighted by Crippen LogP contribution is -2.56. The lowest BCUT2D eigenvalue weighted by Gasteiger charge is -2.40. The number of morpholine rings is 1. The van der Waals surface area contributed by atoms with E-state index in [1.165, 1.54) is 0 Å². The smallest absolute Gasteiger partial charge is 0.154 e. The minimum absolute atomic E-state index is 0.147. The number of ether oxygens (including phenoxy) is 2. The van der Waals surface area contributed by atoms with Gasteiger partial charge in [0.15, 0.2) is 5.82 Å². The van der Waals surface area contributed by atoms with E-state index in [1.807, 2.05) is 42.9 Å². The van der Waals surface area contributed by atoms with Gasteiger partial charge in [0.2, 0.25) is 0 Å². The largest absolute Gasteiger partial charge is 0.488 e. The third-order valence-electron chi connectivity index (χ3n) is 6.31. The number of aryl methyl sites for hydroxylation is 2. The summed E-state index contributed by atoms with van der Waals surface area (Å²) < 4.78 is 14.1. The van der Waals surface area contributed by atoms with Gasteiger partial charge in [-0.05, 0) is 43.7 Å². The Morgan fingerprint density at radius 3 is 2.74 bits per heavy atom. The Bertz CT molecular complexity index is 1330. The van der Waals surface area contributed by atoms with Crippen LogP contribution in [-0.4, -0.2) is 56.0 Å². The maximum absolute atomic E-state index is 6.53. The van der Waals surface area contributed by atoms with E-state index in [2.05, 4.69) is 48.9 Å². The molecule has 34 heavy (non-hydrogen) atoms. The van der Waals surface area contributed by atoms with Crippen LogP contribution in [0.1, 0.15) is 24.4 Å². The summed E-state index contributed by atoms with van der Waals surface area (Å²) in [4.78, 5) is 13.1. The summed E-state index contributed by atoms with van der Waals surface area (Å²) in [5.41, 5.74) is 4.03. The highest BCUT2D eigenvalue weighted by molar-refractivity contribution is 5.75. The molecule has 0 aromatic carbocycles. The van der Waals surface area contributed by atoms with Gasteiger partial charge in [-0.15, -0.1) is 0 Å². The fourth-order valence-electron chi connectivity index (χ4n) is 4.81. The Kier molecular flexibility index (Phi) is 5.35. The van der Waals surface area contributed by atoms with Gasteiger partial charge in [-0.3, -0.25) is 4.98 Å². The Labute approximate surface area is 197 Å². The van der Waals surface area contributed by atoms with Gasteiger partial charge in [-0.2, -0.15) is 5.10 Å². The summed E-state index contributed by atoms with van der Waals surface area (Å²) in [6, 6.07) is 10.8. The summed E-state index contributed by atoms with van der Waals surface area (Å²) in [5.74, 6) is 2.96. The van der Waals surface area contributed by atoms with Crippen molar-refractivity contribution < 1.29 is 9.47 Å². The number of rotatable bonds is 5. The molecule has 2 aliphatic rings. The zero-order chi connectivity index (χ0) is 23.1. The number of piperidine rings is 1. The molecule has 0 aliphatic carbocycles. The van der Waals surface area contributed by atoms with E-state index in [0.717, 1.165) is 60.0 Å². The third-order valence-corrected chi connectivity index (χ3v) is 6.31. The minimum atomic E-state index is 0.147. The zero-order valence-electron chi connectivity index (χ0n) is 19.2. The number of nitrogens with one attached hydrogen (secondary N) is 2. The standard InChI is InChI=1S/C25H27N7O2/c1-15-7-22(23(12-27-15)34-21-9-18-13-33-14-19(10-21)29-18)17-4-6-32-20(8-17)11-25(31-32)30-24-3-5-26-16(2)28-24/h3-8,11-12,18-19,21,29H,9-10,13-14H2,1-2H3,(H,26,28,30,31)/t18-,19+,21?. The Balaban J connectivity index is 1.28. The first-order valence-electron chi connectivity index (χ1n) is 11.6. The van der Waals surface area contributed by atoms with Crippen molar-refractivity contribution in [3.63, 3.8) is 0 Å². The molecule has 0 spiro atoms. The molecule has 6 heterocycles. The molecule has 2 aliphatic heterocycles. The molecule has 2 bridgehead atoms. The highest BCUT2D eigenvalue weighted by atomic mass is 16.5. The molecule has 174 valence electrons. The maximum Gasteiger partial charge on any atom is 0.154 e.